The molecule has 0 radical (unpaired) electrons. The van der Waals surface area contributed by atoms with Crippen LogP contribution in [-0.4, -0.2) is 22.0 Å². The quantitative estimate of drug-likeness (QED) is 0.801. The first kappa shape index (κ1) is 13.3. The average molecular weight is 258 g/mol. The van der Waals surface area contributed by atoms with Gasteiger partial charge in [-0.05, 0) is 12.0 Å². The molecule has 0 aliphatic carbocycles. The molecule has 0 unspecified atom stereocenters. The van der Waals surface area contributed by atoms with Crippen LogP contribution in [0.1, 0.15) is 11.4 Å². The number of imidazole rings is 1. The molecule has 5 heteroatoms. The van der Waals surface area contributed by atoms with Gasteiger partial charge in [-0.3, -0.25) is 4.79 Å². The summed E-state index contributed by atoms with van der Waals surface area (Å²) in [5.41, 5.74) is 6.53. The van der Waals surface area contributed by atoms with Crippen LogP contribution in [0.5, 0.6) is 0 Å². The highest BCUT2D eigenvalue weighted by Gasteiger charge is 2.04. The summed E-state index contributed by atoms with van der Waals surface area (Å²) in [6.07, 6.45) is 4.61. The number of aromatic nitrogens is 2. The van der Waals surface area contributed by atoms with Crippen molar-refractivity contribution in [2.45, 2.75) is 19.5 Å². The molecule has 0 bridgehead atoms. The summed E-state index contributed by atoms with van der Waals surface area (Å²) >= 11 is 0. The maximum absolute atomic E-state index is 11.1. The van der Waals surface area contributed by atoms with Crippen molar-refractivity contribution in [3.05, 3.63) is 54.1 Å². The monoisotopic (exact) mass is 258 g/mol. The molecular formula is C14H18N4O. The van der Waals surface area contributed by atoms with E-state index in [2.05, 4.69) is 22.4 Å². The number of carbonyl (C=O) groups excluding carboxylic acids is 1. The second kappa shape index (κ2) is 6.70. The van der Waals surface area contributed by atoms with Crippen LogP contribution in [-0.2, 0) is 24.3 Å². The third kappa shape index (κ3) is 3.93. The highest BCUT2D eigenvalue weighted by Crippen LogP contribution is 2.04. The van der Waals surface area contributed by atoms with E-state index >= 15 is 0 Å². The average Bonchev–Trinajstić information content (AvgIpc) is 2.91. The minimum absolute atomic E-state index is 0.00469. The van der Waals surface area contributed by atoms with E-state index in [1.807, 2.05) is 29.0 Å². The van der Waals surface area contributed by atoms with Gasteiger partial charge in [0.1, 0.15) is 5.82 Å². The van der Waals surface area contributed by atoms with Crippen molar-refractivity contribution < 1.29 is 4.79 Å². The number of nitrogens with two attached hydrogens (primary N) is 1. The van der Waals surface area contributed by atoms with Crippen LogP contribution in [0.3, 0.4) is 0 Å². The van der Waals surface area contributed by atoms with Gasteiger partial charge in [-0.15, -0.1) is 0 Å². The maximum atomic E-state index is 11.1. The number of amides is 1. The Morgan fingerprint density at radius 1 is 1.32 bits per heavy atom. The second-order valence-electron chi connectivity index (χ2n) is 4.25. The fraction of sp³-hybridized carbons (Fsp3) is 0.286. The fourth-order valence-corrected chi connectivity index (χ4v) is 1.85. The molecule has 0 aliphatic heterocycles. The zero-order valence-corrected chi connectivity index (χ0v) is 10.7. The van der Waals surface area contributed by atoms with E-state index < -0.39 is 0 Å². The van der Waals surface area contributed by atoms with Crippen molar-refractivity contribution in [3.63, 3.8) is 0 Å². The fourth-order valence-electron chi connectivity index (χ4n) is 1.85. The molecule has 2 aromatic rings. The number of hydrogen-bond acceptors (Lipinski definition) is 3. The van der Waals surface area contributed by atoms with Crippen molar-refractivity contribution in [2.75, 3.05) is 6.54 Å². The Balaban J connectivity index is 1.90. The molecule has 1 heterocycles. The number of nitrogens with zero attached hydrogens (tertiary/aromatic N) is 2. The number of benzene rings is 1. The predicted octanol–water partition coefficient (Wildman–Crippen LogP) is 0.701. The van der Waals surface area contributed by atoms with E-state index in [9.17, 15) is 4.79 Å². The highest BCUT2D eigenvalue weighted by atomic mass is 16.1. The first-order chi connectivity index (χ1) is 9.29. The lowest BCUT2D eigenvalue weighted by Crippen LogP contribution is -2.30. The molecule has 1 amide bonds. The second-order valence-corrected chi connectivity index (χ2v) is 4.25. The molecule has 19 heavy (non-hydrogen) atoms. The Labute approximate surface area is 112 Å². The van der Waals surface area contributed by atoms with Gasteiger partial charge < -0.3 is 15.6 Å². The lowest BCUT2D eigenvalue weighted by atomic mass is 10.1. The van der Waals surface area contributed by atoms with Crippen molar-refractivity contribution in [1.29, 1.82) is 0 Å². The number of rotatable bonds is 6. The zero-order valence-electron chi connectivity index (χ0n) is 10.7. The Morgan fingerprint density at radius 2 is 2.11 bits per heavy atom. The standard InChI is InChI=1S/C14H18N4O/c15-10-14(19)17-11-13-16-7-9-18(13)8-6-12-4-2-1-3-5-12/h1-5,7,9H,6,8,10-11,15H2,(H,17,19). The third-order valence-electron chi connectivity index (χ3n) is 2.91. The van der Waals surface area contributed by atoms with Gasteiger partial charge in [0.05, 0.1) is 13.1 Å². The van der Waals surface area contributed by atoms with Crippen molar-refractivity contribution in [3.8, 4) is 0 Å². The SMILES string of the molecule is NCC(=O)NCc1nccn1CCc1ccccc1. The molecule has 2 rings (SSSR count). The number of aryl methyl sites for hydroxylation is 2. The summed E-state index contributed by atoms with van der Waals surface area (Å²) in [5.74, 6) is 0.676. The van der Waals surface area contributed by atoms with Crippen LogP contribution in [0, 0.1) is 0 Å². The van der Waals surface area contributed by atoms with Crippen LogP contribution in [0.2, 0.25) is 0 Å². The molecule has 5 nitrogen and oxygen atoms in total. The van der Waals surface area contributed by atoms with Crippen LogP contribution in [0.4, 0.5) is 0 Å². The van der Waals surface area contributed by atoms with Gasteiger partial charge in [0.25, 0.3) is 0 Å². The molecule has 0 aliphatic rings. The van der Waals surface area contributed by atoms with Crippen molar-refractivity contribution in [1.82, 2.24) is 14.9 Å². The lowest BCUT2D eigenvalue weighted by molar-refractivity contribution is -0.119. The summed E-state index contributed by atoms with van der Waals surface area (Å²) in [7, 11) is 0. The van der Waals surface area contributed by atoms with E-state index in [1.165, 1.54) is 5.56 Å². The van der Waals surface area contributed by atoms with Gasteiger partial charge in [-0.2, -0.15) is 0 Å². The topological polar surface area (TPSA) is 72.9 Å². The van der Waals surface area contributed by atoms with Gasteiger partial charge in [0.15, 0.2) is 0 Å². The van der Waals surface area contributed by atoms with E-state index in [1.54, 1.807) is 6.20 Å². The zero-order chi connectivity index (χ0) is 13.5. The van der Waals surface area contributed by atoms with Gasteiger partial charge in [0, 0.05) is 18.9 Å². The highest BCUT2D eigenvalue weighted by molar-refractivity contribution is 5.77. The number of hydrogen-bond donors (Lipinski definition) is 2. The third-order valence-corrected chi connectivity index (χ3v) is 2.91. The summed E-state index contributed by atoms with van der Waals surface area (Å²) in [6, 6.07) is 10.3. The summed E-state index contributed by atoms with van der Waals surface area (Å²) in [4.78, 5) is 15.4. The molecule has 1 aromatic heterocycles. The molecular weight excluding hydrogens is 240 g/mol. The van der Waals surface area contributed by atoms with Gasteiger partial charge >= 0.3 is 0 Å². The van der Waals surface area contributed by atoms with Gasteiger partial charge in [-0.1, -0.05) is 30.3 Å². The van der Waals surface area contributed by atoms with Crippen LogP contribution in [0.15, 0.2) is 42.7 Å². The van der Waals surface area contributed by atoms with E-state index in [-0.39, 0.29) is 12.5 Å². The number of carbonyl (C=O) groups is 1. The van der Waals surface area contributed by atoms with Crippen molar-refractivity contribution in [2.24, 2.45) is 5.73 Å². The first-order valence-electron chi connectivity index (χ1n) is 6.30. The minimum atomic E-state index is -0.169. The van der Waals surface area contributed by atoms with E-state index in [0.717, 1.165) is 18.8 Å². The molecule has 1 aromatic carbocycles. The molecule has 0 saturated carbocycles. The summed E-state index contributed by atoms with van der Waals surface area (Å²) in [5, 5.41) is 2.73. The minimum Gasteiger partial charge on any atom is -0.348 e. The Bertz CT molecular complexity index is 521. The normalized spacial score (nSPS) is 10.4. The summed E-state index contributed by atoms with van der Waals surface area (Å²) < 4.78 is 2.05. The molecule has 0 spiro atoms. The largest absolute Gasteiger partial charge is 0.348 e. The van der Waals surface area contributed by atoms with E-state index in [0.29, 0.717) is 6.54 Å². The molecule has 100 valence electrons. The van der Waals surface area contributed by atoms with Gasteiger partial charge in [-0.25, -0.2) is 4.98 Å². The Kier molecular flexibility index (Phi) is 4.69. The van der Waals surface area contributed by atoms with E-state index in [4.69, 9.17) is 5.73 Å². The molecule has 3 N–H and O–H groups in total. The van der Waals surface area contributed by atoms with Crippen molar-refractivity contribution >= 4 is 5.91 Å². The number of nitrogens with one attached hydrogen (secondary N) is 1. The lowest BCUT2D eigenvalue weighted by Gasteiger charge is -2.08. The summed E-state index contributed by atoms with van der Waals surface area (Å²) in [6.45, 7) is 1.26. The molecule has 0 atom stereocenters. The Morgan fingerprint density at radius 3 is 2.84 bits per heavy atom. The smallest absolute Gasteiger partial charge is 0.234 e. The Hall–Kier alpha value is -2.14. The maximum Gasteiger partial charge on any atom is 0.234 e. The first-order valence-corrected chi connectivity index (χ1v) is 6.30. The molecule has 0 saturated heterocycles. The van der Waals surface area contributed by atoms with Crippen LogP contribution < -0.4 is 11.1 Å². The molecule has 0 fully saturated rings. The van der Waals surface area contributed by atoms with Crippen LogP contribution >= 0.6 is 0 Å². The van der Waals surface area contributed by atoms with Gasteiger partial charge in [0.2, 0.25) is 5.91 Å². The predicted molar refractivity (Wildman–Crippen MR) is 73.3 cm³/mol. The van der Waals surface area contributed by atoms with Crippen LogP contribution in [0.25, 0.3) is 0 Å².